The van der Waals surface area contributed by atoms with E-state index in [4.69, 9.17) is 4.74 Å². The zero-order valence-corrected chi connectivity index (χ0v) is 21.3. The largest absolute Gasteiger partial charge is 0.444 e. The number of hydrogen-bond acceptors (Lipinski definition) is 5. The lowest BCUT2D eigenvalue weighted by molar-refractivity contribution is 0.0134. The fraction of sp³-hybridized carbons (Fsp3) is 0.519. The molecule has 0 spiro atoms. The summed E-state index contributed by atoms with van der Waals surface area (Å²) in [6.07, 6.45) is 3.51. The summed E-state index contributed by atoms with van der Waals surface area (Å²) in [7, 11) is 0. The van der Waals surface area contributed by atoms with Gasteiger partial charge in [0.05, 0.1) is 11.9 Å². The molecule has 35 heavy (non-hydrogen) atoms. The van der Waals surface area contributed by atoms with Gasteiger partial charge in [0, 0.05) is 45.0 Å². The molecule has 1 atom stereocenters. The van der Waals surface area contributed by atoms with Gasteiger partial charge in [-0.2, -0.15) is 0 Å². The van der Waals surface area contributed by atoms with Gasteiger partial charge in [-0.1, -0.05) is 18.2 Å². The van der Waals surface area contributed by atoms with Crippen molar-refractivity contribution in [2.24, 2.45) is 5.92 Å². The van der Waals surface area contributed by atoms with Gasteiger partial charge in [0.15, 0.2) is 0 Å². The molecule has 8 nitrogen and oxygen atoms in total. The van der Waals surface area contributed by atoms with Crippen LogP contribution < -0.4 is 10.6 Å². The van der Waals surface area contributed by atoms with Crippen LogP contribution in [0, 0.1) is 12.8 Å². The van der Waals surface area contributed by atoms with Crippen molar-refractivity contribution in [3.05, 3.63) is 58.9 Å². The minimum absolute atomic E-state index is 0.217. The van der Waals surface area contributed by atoms with Crippen LogP contribution in [0.1, 0.15) is 43.2 Å². The van der Waals surface area contributed by atoms with Crippen LogP contribution in [0.2, 0.25) is 0 Å². The highest BCUT2D eigenvalue weighted by Gasteiger charge is 2.29. The van der Waals surface area contributed by atoms with Crippen LogP contribution in [0.4, 0.5) is 15.3 Å². The highest BCUT2D eigenvalue weighted by Crippen LogP contribution is 2.30. The number of hydrogen-bond donors (Lipinski definition) is 2. The maximum atomic E-state index is 12.4. The number of carbonyl (C=O) groups excluding carboxylic acids is 2. The Morgan fingerprint density at radius 3 is 2.54 bits per heavy atom. The molecule has 4 rings (SSSR count). The van der Waals surface area contributed by atoms with Crippen LogP contribution in [0.25, 0.3) is 0 Å². The summed E-state index contributed by atoms with van der Waals surface area (Å²) in [6, 6.07) is 9.88. The van der Waals surface area contributed by atoms with Crippen molar-refractivity contribution in [2.75, 3.05) is 38.0 Å². The number of carbonyl (C=O) groups is 2. The number of aryl methyl sites for hydroxylation is 1. The lowest BCUT2D eigenvalue weighted by atomic mass is 10.0. The van der Waals surface area contributed by atoms with Crippen LogP contribution >= 0.6 is 0 Å². The van der Waals surface area contributed by atoms with Gasteiger partial charge in [0.1, 0.15) is 5.60 Å². The summed E-state index contributed by atoms with van der Waals surface area (Å²) in [6.45, 7) is 12.3. The first kappa shape index (κ1) is 25.0. The number of nitrogens with one attached hydrogen (secondary N) is 2. The zero-order valence-electron chi connectivity index (χ0n) is 21.3. The van der Waals surface area contributed by atoms with Crippen molar-refractivity contribution in [3.63, 3.8) is 0 Å². The zero-order chi connectivity index (χ0) is 25.0. The molecule has 2 heterocycles. The number of pyridine rings is 1. The van der Waals surface area contributed by atoms with E-state index in [0.29, 0.717) is 31.2 Å². The lowest BCUT2D eigenvalue weighted by Crippen LogP contribution is -2.51. The Bertz CT molecular complexity index is 1040. The van der Waals surface area contributed by atoms with E-state index >= 15 is 0 Å². The number of urea groups is 1. The molecule has 1 fully saturated rings. The van der Waals surface area contributed by atoms with E-state index in [2.05, 4.69) is 38.7 Å². The predicted molar refractivity (Wildman–Crippen MR) is 136 cm³/mol. The minimum Gasteiger partial charge on any atom is -0.444 e. The van der Waals surface area contributed by atoms with Gasteiger partial charge >= 0.3 is 12.1 Å². The molecule has 1 aliphatic carbocycles. The summed E-state index contributed by atoms with van der Waals surface area (Å²) in [5, 5.41) is 5.82. The first-order chi connectivity index (χ1) is 16.7. The summed E-state index contributed by atoms with van der Waals surface area (Å²) in [4.78, 5) is 33.2. The fourth-order valence-corrected chi connectivity index (χ4v) is 4.81. The number of nitrogens with zero attached hydrogens (tertiary/aromatic N) is 3. The van der Waals surface area contributed by atoms with Crippen molar-refractivity contribution < 1.29 is 14.3 Å². The average Bonchev–Trinajstić information content (AvgIpc) is 3.21. The van der Waals surface area contributed by atoms with Crippen molar-refractivity contribution in [1.82, 2.24) is 20.1 Å². The number of benzene rings is 1. The Morgan fingerprint density at radius 2 is 1.86 bits per heavy atom. The standard InChI is InChI=1S/C27H37N5O3/c1-19-8-9-23(17-28-19)30-25(33)29-16-22-7-5-6-21-14-20(15-24(21)22)18-31-10-12-32(13-11-31)26(34)35-27(2,3)4/h5-9,17,20H,10-16,18H2,1-4H3,(H2,29,30,33). The molecule has 0 bridgehead atoms. The van der Waals surface area contributed by atoms with Crippen molar-refractivity contribution in [1.29, 1.82) is 0 Å². The predicted octanol–water partition coefficient (Wildman–Crippen LogP) is 3.98. The number of ether oxygens (including phenoxy) is 1. The third kappa shape index (κ3) is 6.94. The summed E-state index contributed by atoms with van der Waals surface area (Å²) < 4.78 is 5.51. The van der Waals surface area contributed by atoms with Crippen LogP contribution in [-0.4, -0.2) is 65.2 Å². The molecule has 2 N–H and O–H groups in total. The van der Waals surface area contributed by atoms with Gasteiger partial charge in [-0.25, -0.2) is 9.59 Å². The van der Waals surface area contributed by atoms with Gasteiger partial charge in [-0.3, -0.25) is 9.88 Å². The first-order valence-electron chi connectivity index (χ1n) is 12.4. The van der Waals surface area contributed by atoms with Crippen molar-refractivity contribution >= 4 is 17.8 Å². The Kier molecular flexibility index (Phi) is 7.60. The SMILES string of the molecule is Cc1ccc(NC(=O)NCc2cccc3c2CC(CN2CCN(C(=O)OC(C)(C)C)CC2)C3)cn1. The molecule has 2 aromatic rings. The molecule has 0 radical (unpaired) electrons. The highest BCUT2D eigenvalue weighted by atomic mass is 16.6. The van der Waals surface area contributed by atoms with Gasteiger partial charge in [0.25, 0.3) is 0 Å². The minimum atomic E-state index is -0.463. The lowest BCUT2D eigenvalue weighted by Gasteiger charge is -2.36. The monoisotopic (exact) mass is 479 g/mol. The summed E-state index contributed by atoms with van der Waals surface area (Å²) in [5.74, 6) is 0.548. The second-order valence-electron chi connectivity index (χ2n) is 10.6. The van der Waals surface area contributed by atoms with Crippen molar-refractivity contribution in [2.45, 2.75) is 52.7 Å². The molecular formula is C27H37N5O3. The third-order valence-electron chi connectivity index (χ3n) is 6.52. The fourth-order valence-electron chi connectivity index (χ4n) is 4.81. The number of amides is 3. The third-order valence-corrected chi connectivity index (χ3v) is 6.52. The molecule has 1 unspecified atom stereocenters. The molecule has 8 heteroatoms. The Morgan fingerprint density at radius 1 is 1.09 bits per heavy atom. The molecule has 3 amide bonds. The summed E-state index contributed by atoms with van der Waals surface area (Å²) >= 11 is 0. The second-order valence-corrected chi connectivity index (χ2v) is 10.6. The van der Waals surface area contributed by atoms with E-state index in [1.807, 2.05) is 44.7 Å². The Labute approximate surface area is 208 Å². The smallest absolute Gasteiger partial charge is 0.410 e. The number of aromatic nitrogens is 1. The van der Waals surface area contributed by atoms with E-state index in [0.717, 1.165) is 38.2 Å². The second kappa shape index (κ2) is 10.6. The van der Waals surface area contributed by atoms with E-state index in [9.17, 15) is 9.59 Å². The van der Waals surface area contributed by atoms with E-state index in [-0.39, 0.29) is 12.1 Å². The van der Waals surface area contributed by atoms with Gasteiger partial charge in [-0.05, 0) is 75.3 Å². The van der Waals surface area contributed by atoms with E-state index in [1.165, 1.54) is 16.7 Å². The molecule has 1 aromatic carbocycles. The average molecular weight is 480 g/mol. The van der Waals surface area contributed by atoms with Gasteiger partial charge in [-0.15, -0.1) is 0 Å². The topological polar surface area (TPSA) is 86.8 Å². The number of piperazine rings is 1. The quantitative estimate of drug-likeness (QED) is 0.678. The molecule has 188 valence electrons. The van der Waals surface area contributed by atoms with Crippen LogP contribution in [0.3, 0.4) is 0 Å². The number of anilines is 1. The summed E-state index contributed by atoms with van der Waals surface area (Å²) in [5.41, 5.74) is 5.05. The van der Waals surface area contributed by atoms with Gasteiger partial charge in [0.2, 0.25) is 0 Å². The van der Waals surface area contributed by atoms with Gasteiger partial charge < -0.3 is 20.3 Å². The highest BCUT2D eigenvalue weighted by molar-refractivity contribution is 5.89. The molecule has 2 aliphatic rings. The maximum Gasteiger partial charge on any atom is 0.410 e. The van der Waals surface area contributed by atoms with Crippen LogP contribution in [0.5, 0.6) is 0 Å². The first-order valence-corrected chi connectivity index (χ1v) is 12.4. The number of rotatable bonds is 5. The molecule has 0 saturated carbocycles. The molecular weight excluding hydrogens is 442 g/mol. The molecule has 1 aromatic heterocycles. The normalized spacial score (nSPS) is 18.2. The Balaban J connectivity index is 1.25. The number of fused-ring (bicyclic) bond motifs is 1. The van der Waals surface area contributed by atoms with Crippen molar-refractivity contribution in [3.8, 4) is 0 Å². The maximum absolute atomic E-state index is 12.4. The molecule has 1 aliphatic heterocycles. The van der Waals surface area contributed by atoms with E-state index < -0.39 is 5.60 Å². The van der Waals surface area contributed by atoms with E-state index in [1.54, 1.807) is 6.20 Å². The van der Waals surface area contributed by atoms with Crippen LogP contribution in [0.15, 0.2) is 36.5 Å². The van der Waals surface area contributed by atoms with Crippen LogP contribution in [-0.2, 0) is 24.1 Å². The molecule has 1 saturated heterocycles. The Hall–Kier alpha value is -3.13.